The van der Waals surface area contributed by atoms with Crippen molar-refractivity contribution in [3.63, 3.8) is 0 Å². The van der Waals surface area contributed by atoms with Gasteiger partial charge in [0.1, 0.15) is 6.61 Å². The van der Waals surface area contributed by atoms with Gasteiger partial charge in [-0.05, 0) is 13.8 Å². The molecule has 0 aliphatic carbocycles. The van der Waals surface area contributed by atoms with Gasteiger partial charge in [-0.1, -0.05) is 5.16 Å². The number of ether oxygens (including phenoxy) is 1. The second kappa shape index (κ2) is 7.32. The lowest BCUT2D eigenvalue weighted by Gasteiger charge is -2.02. The number of ketones is 1. The first-order valence-electron chi connectivity index (χ1n) is 4.13. The first-order chi connectivity index (χ1) is 6.67. The standard InChI is InChI=1S/C8H12ClNO4/c1-3-13-8(12)7(6(11)5-9)10-14-4-2/h3-5H2,1-2H3/b10-7-. The van der Waals surface area contributed by atoms with E-state index in [0.29, 0.717) is 0 Å². The number of carbonyl (C=O) groups excluding carboxylic acids is 2. The molecule has 0 saturated heterocycles. The Morgan fingerprint density at radius 3 is 2.36 bits per heavy atom. The Morgan fingerprint density at radius 2 is 1.93 bits per heavy atom. The van der Waals surface area contributed by atoms with Gasteiger partial charge in [-0.15, -0.1) is 11.6 Å². The van der Waals surface area contributed by atoms with Crippen molar-refractivity contribution in [1.29, 1.82) is 0 Å². The third-order valence-corrected chi connectivity index (χ3v) is 1.38. The molecule has 0 saturated carbocycles. The SMILES string of the molecule is CCO/N=C(/C(=O)CCl)C(=O)OCC. The number of alkyl halides is 1. The maximum Gasteiger partial charge on any atom is 0.364 e. The van der Waals surface area contributed by atoms with Gasteiger partial charge in [0.25, 0.3) is 0 Å². The molecule has 0 radical (unpaired) electrons. The second-order valence-electron chi connectivity index (χ2n) is 2.13. The number of oxime groups is 1. The van der Waals surface area contributed by atoms with Crippen LogP contribution in [0.1, 0.15) is 13.8 Å². The first kappa shape index (κ1) is 12.9. The number of halogens is 1. The summed E-state index contributed by atoms with van der Waals surface area (Å²) in [5.41, 5.74) is -0.399. The average molecular weight is 222 g/mol. The van der Waals surface area contributed by atoms with Crippen LogP contribution >= 0.6 is 11.6 Å². The largest absolute Gasteiger partial charge is 0.461 e. The van der Waals surface area contributed by atoms with E-state index in [9.17, 15) is 9.59 Å². The van der Waals surface area contributed by atoms with Gasteiger partial charge in [0.2, 0.25) is 11.5 Å². The molecule has 5 nitrogen and oxygen atoms in total. The van der Waals surface area contributed by atoms with Gasteiger partial charge < -0.3 is 9.57 Å². The molecule has 0 fully saturated rings. The molecule has 0 spiro atoms. The molecule has 0 N–H and O–H groups in total. The van der Waals surface area contributed by atoms with Crippen LogP contribution in [0.3, 0.4) is 0 Å². The Morgan fingerprint density at radius 1 is 1.29 bits per heavy atom. The van der Waals surface area contributed by atoms with Crippen molar-refractivity contribution >= 4 is 29.1 Å². The number of hydrogen-bond donors (Lipinski definition) is 0. The number of rotatable bonds is 6. The monoisotopic (exact) mass is 221 g/mol. The molecule has 0 aliphatic heterocycles. The summed E-state index contributed by atoms with van der Waals surface area (Å²) >= 11 is 5.28. The number of Topliss-reactive ketones (excluding diaryl/α,β-unsaturated/α-hetero) is 1. The fourth-order valence-corrected chi connectivity index (χ4v) is 0.720. The van der Waals surface area contributed by atoms with Crippen LogP contribution in [0.15, 0.2) is 5.16 Å². The summed E-state index contributed by atoms with van der Waals surface area (Å²) in [4.78, 5) is 26.8. The van der Waals surface area contributed by atoms with Crippen LogP contribution in [-0.2, 0) is 19.2 Å². The van der Waals surface area contributed by atoms with Crippen LogP contribution in [0.2, 0.25) is 0 Å². The molecular formula is C8H12ClNO4. The van der Waals surface area contributed by atoms with Crippen molar-refractivity contribution in [3.8, 4) is 0 Å². The van der Waals surface area contributed by atoms with E-state index in [0.717, 1.165) is 0 Å². The van der Waals surface area contributed by atoms with Crippen molar-refractivity contribution < 1.29 is 19.2 Å². The van der Waals surface area contributed by atoms with Gasteiger partial charge in [-0.3, -0.25) is 4.79 Å². The number of carbonyl (C=O) groups is 2. The third kappa shape index (κ3) is 4.23. The number of nitrogens with zero attached hydrogens (tertiary/aromatic N) is 1. The average Bonchev–Trinajstić information content (AvgIpc) is 2.18. The van der Waals surface area contributed by atoms with E-state index < -0.39 is 17.5 Å². The molecule has 0 rings (SSSR count). The zero-order valence-corrected chi connectivity index (χ0v) is 8.84. The van der Waals surface area contributed by atoms with E-state index in [1.807, 2.05) is 0 Å². The number of hydrogen-bond acceptors (Lipinski definition) is 5. The van der Waals surface area contributed by atoms with Crippen LogP contribution in [-0.4, -0.2) is 36.6 Å². The van der Waals surface area contributed by atoms with E-state index in [-0.39, 0.29) is 19.1 Å². The van der Waals surface area contributed by atoms with E-state index in [1.54, 1.807) is 13.8 Å². The summed E-state index contributed by atoms with van der Waals surface area (Å²) in [6.45, 7) is 3.73. The summed E-state index contributed by atoms with van der Waals surface area (Å²) in [6, 6.07) is 0. The highest BCUT2D eigenvalue weighted by Crippen LogP contribution is 1.92. The molecule has 0 unspecified atom stereocenters. The maximum atomic E-state index is 11.1. The predicted octanol–water partition coefficient (Wildman–Crippen LogP) is 0.750. The molecule has 0 aliphatic rings. The summed E-state index contributed by atoms with van der Waals surface area (Å²) in [5, 5.41) is 3.34. The zero-order chi connectivity index (χ0) is 11.0. The molecule has 0 bridgehead atoms. The smallest absolute Gasteiger partial charge is 0.364 e. The fourth-order valence-electron chi connectivity index (χ4n) is 0.594. The summed E-state index contributed by atoms with van der Waals surface area (Å²) in [5.74, 6) is -1.75. The van der Waals surface area contributed by atoms with E-state index in [4.69, 9.17) is 11.6 Å². The van der Waals surface area contributed by atoms with Crippen LogP contribution in [0.4, 0.5) is 0 Å². The first-order valence-corrected chi connectivity index (χ1v) is 4.67. The molecule has 80 valence electrons. The topological polar surface area (TPSA) is 65.0 Å². The predicted molar refractivity (Wildman–Crippen MR) is 51.4 cm³/mol. The quantitative estimate of drug-likeness (QED) is 0.218. The van der Waals surface area contributed by atoms with Crippen LogP contribution in [0.25, 0.3) is 0 Å². The van der Waals surface area contributed by atoms with Gasteiger partial charge >= 0.3 is 5.97 Å². The van der Waals surface area contributed by atoms with Gasteiger partial charge in [-0.25, -0.2) is 4.79 Å². The molecule has 0 aromatic rings. The summed E-state index contributed by atoms with van der Waals surface area (Å²) in [7, 11) is 0. The minimum Gasteiger partial charge on any atom is -0.461 e. The van der Waals surface area contributed by atoms with E-state index in [1.165, 1.54) is 0 Å². The Bertz CT molecular complexity index is 239. The van der Waals surface area contributed by atoms with Crippen molar-refractivity contribution in [2.24, 2.45) is 5.16 Å². The molecule has 0 aromatic carbocycles. The van der Waals surface area contributed by atoms with Gasteiger partial charge in [-0.2, -0.15) is 0 Å². The van der Waals surface area contributed by atoms with Gasteiger partial charge in [0.15, 0.2) is 0 Å². The minimum atomic E-state index is -0.813. The third-order valence-electron chi connectivity index (χ3n) is 1.14. The molecule has 0 heterocycles. The molecular weight excluding hydrogens is 210 g/mol. The molecule has 14 heavy (non-hydrogen) atoms. The lowest BCUT2D eigenvalue weighted by atomic mass is 10.3. The Hall–Kier alpha value is -1.10. The normalized spacial score (nSPS) is 10.9. The fraction of sp³-hybridized carbons (Fsp3) is 0.625. The zero-order valence-electron chi connectivity index (χ0n) is 8.08. The van der Waals surface area contributed by atoms with Crippen molar-refractivity contribution in [1.82, 2.24) is 0 Å². The van der Waals surface area contributed by atoms with Crippen molar-refractivity contribution in [2.75, 3.05) is 19.1 Å². The second-order valence-corrected chi connectivity index (χ2v) is 2.40. The highest BCUT2D eigenvalue weighted by Gasteiger charge is 2.21. The highest BCUT2D eigenvalue weighted by molar-refractivity contribution is 6.67. The Labute approximate surface area is 87.0 Å². The molecule has 0 atom stereocenters. The van der Waals surface area contributed by atoms with Gasteiger partial charge in [0.05, 0.1) is 12.5 Å². The molecule has 0 aromatic heterocycles. The van der Waals surface area contributed by atoms with Crippen LogP contribution in [0.5, 0.6) is 0 Å². The molecule has 6 heteroatoms. The van der Waals surface area contributed by atoms with E-state index >= 15 is 0 Å². The number of esters is 1. The van der Waals surface area contributed by atoms with Crippen molar-refractivity contribution in [2.45, 2.75) is 13.8 Å². The van der Waals surface area contributed by atoms with Gasteiger partial charge in [0, 0.05) is 0 Å². The summed E-state index contributed by atoms with van der Waals surface area (Å²) in [6.07, 6.45) is 0. The van der Waals surface area contributed by atoms with Crippen molar-refractivity contribution in [3.05, 3.63) is 0 Å². The molecule has 0 amide bonds. The summed E-state index contributed by atoms with van der Waals surface area (Å²) < 4.78 is 4.59. The van der Waals surface area contributed by atoms with Crippen LogP contribution < -0.4 is 0 Å². The van der Waals surface area contributed by atoms with E-state index in [2.05, 4.69) is 14.7 Å². The minimum absolute atomic E-state index is 0.166. The lowest BCUT2D eigenvalue weighted by Crippen LogP contribution is -2.27. The Kier molecular flexibility index (Phi) is 6.74. The highest BCUT2D eigenvalue weighted by atomic mass is 35.5. The lowest BCUT2D eigenvalue weighted by molar-refractivity contribution is -0.135. The Balaban J connectivity index is 4.54. The van der Waals surface area contributed by atoms with Crippen LogP contribution in [0, 0.1) is 0 Å². The maximum absolute atomic E-state index is 11.1.